The summed E-state index contributed by atoms with van der Waals surface area (Å²) >= 11 is 7.23. The van der Waals surface area contributed by atoms with Crippen LogP contribution in [0.1, 0.15) is 51.3 Å². The summed E-state index contributed by atoms with van der Waals surface area (Å²) < 4.78 is 7.48. The number of benzene rings is 1. The smallest absolute Gasteiger partial charge is 0.264 e. The standard InChI is InChI=1S/C23H21ClN4O3S/c1-13-18-21(26-12-27(2)22(18)29)32-19(13)23(30)28-9-3-4-17(28)20-25-11-16(31-20)10-14-5-7-15(24)8-6-14/h5-8,11-12,17H,3-4,9-10H2,1-2H3/t17-/m1/s1. The van der Waals surface area contributed by atoms with Crippen molar-refractivity contribution in [3.05, 3.63) is 79.8 Å². The molecule has 3 aromatic heterocycles. The Morgan fingerprint density at radius 3 is 2.84 bits per heavy atom. The zero-order valence-corrected chi connectivity index (χ0v) is 19.2. The molecule has 1 atom stereocenters. The predicted octanol–water partition coefficient (Wildman–Crippen LogP) is 4.51. The average Bonchev–Trinajstić information content (AvgIpc) is 3.51. The first-order chi connectivity index (χ1) is 15.4. The molecule has 1 aliphatic rings. The zero-order chi connectivity index (χ0) is 22.4. The number of thiophene rings is 1. The van der Waals surface area contributed by atoms with E-state index in [0.29, 0.717) is 44.5 Å². The Labute approximate surface area is 193 Å². The third kappa shape index (κ3) is 3.63. The largest absolute Gasteiger partial charge is 0.443 e. The number of oxazole rings is 1. The number of likely N-dealkylation sites (tertiary alicyclic amines) is 1. The molecular weight excluding hydrogens is 448 g/mol. The second-order valence-electron chi connectivity index (χ2n) is 8.02. The average molecular weight is 469 g/mol. The quantitative estimate of drug-likeness (QED) is 0.440. The van der Waals surface area contributed by atoms with Crippen LogP contribution in [0.5, 0.6) is 0 Å². The lowest BCUT2D eigenvalue weighted by Crippen LogP contribution is -2.30. The summed E-state index contributed by atoms with van der Waals surface area (Å²) in [6.45, 7) is 2.44. The molecule has 164 valence electrons. The molecule has 0 radical (unpaired) electrons. The molecule has 1 saturated heterocycles. The van der Waals surface area contributed by atoms with Gasteiger partial charge in [-0.1, -0.05) is 23.7 Å². The molecule has 5 rings (SSSR count). The van der Waals surface area contributed by atoms with Gasteiger partial charge in [0.2, 0.25) is 5.89 Å². The molecule has 0 spiro atoms. The van der Waals surface area contributed by atoms with Crippen molar-refractivity contribution in [3.63, 3.8) is 0 Å². The molecule has 0 bridgehead atoms. The Morgan fingerprint density at radius 2 is 2.06 bits per heavy atom. The summed E-state index contributed by atoms with van der Waals surface area (Å²) in [5, 5.41) is 1.21. The van der Waals surface area contributed by atoms with E-state index >= 15 is 0 Å². The number of aromatic nitrogens is 3. The summed E-state index contributed by atoms with van der Waals surface area (Å²) in [7, 11) is 1.66. The van der Waals surface area contributed by atoms with Gasteiger partial charge in [-0.05, 0) is 43.0 Å². The third-order valence-electron chi connectivity index (χ3n) is 5.87. The summed E-state index contributed by atoms with van der Waals surface area (Å²) in [6, 6.07) is 7.39. The fourth-order valence-electron chi connectivity index (χ4n) is 4.17. The molecule has 1 aromatic carbocycles. The zero-order valence-electron chi connectivity index (χ0n) is 17.7. The van der Waals surface area contributed by atoms with Gasteiger partial charge < -0.3 is 13.9 Å². The van der Waals surface area contributed by atoms with E-state index < -0.39 is 0 Å². The molecule has 9 heteroatoms. The van der Waals surface area contributed by atoms with Crippen molar-refractivity contribution >= 4 is 39.1 Å². The fourth-order valence-corrected chi connectivity index (χ4v) is 5.39. The Hall–Kier alpha value is -2.97. The number of fused-ring (bicyclic) bond motifs is 1. The molecule has 1 aliphatic heterocycles. The molecule has 7 nitrogen and oxygen atoms in total. The Morgan fingerprint density at radius 1 is 1.28 bits per heavy atom. The van der Waals surface area contributed by atoms with Gasteiger partial charge in [-0.15, -0.1) is 11.3 Å². The number of hydrogen-bond acceptors (Lipinski definition) is 6. The maximum atomic E-state index is 13.5. The van der Waals surface area contributed by atoms with Crippen LogP contribution in [0.15, 0.2) is 46.0 Å². The second kappa shape index (κ2) is 8.18. The Kier molecular flexibility index (Phi) is 5.35. The summed E-state index contributed by atoms with van der Waals surface area (Å²) in [5.74, 6) is 1.19. The number of carbonyl (C=O) groups is 1. The van der Waals surface area contributed by atoms with Gasteiger partial charge in [-0.2, -0.15) is 0 Å². The van der Waals surface area contributed by atoms with Crippen molar-refractivity contribution in [2.45, 2.75) is 32.2 Å². The highest BCUT2D eigenvalue weighted by Crippen LogP contribution is 2.36. The van der Waals surface area contributed by atoms with Gasteiger partial charge in [-0.3, -0.25) is 9.59 Å². The van der Waals surface area contributed by atoms with E-state index in [1.165, 1.54) is 22.2 Å². The van der Waals surface area contributed by atoms with Crippen LogP contribution in [0, 0.1) is 6.92 Å². The Bertz CT molecular complexity index is 1370. The van der Waals surface area contributed by atoms with E-state index in [-0.39, 0.29) is 17.5 Å². The molecule has 0 N–H and O–H groups in total. The van der Waals surface area contributed by atoms with Gasteiger partial charge in [0.05, 0.1) is 22.8 Å². The lowest BCUT2D eigenvalue weighted by molar-refractivity contribution is 0.0719. The number of carbonyl (C=O) groups excluding carboxylic acids is 1. The van der Waals surface area contributed by atoms with Crippen molar-refractivity contribution in [2.75, 3.05) is 6.54 Å². The topological polar surface area (TPSA) is 81.2 Å². The maximum Gasteiger partial charge on any atom is 0.264 e. The summed E-state index contributed by atoms with van der Waals surface area (Å²) in [6.07, 6.45) is 5.48. The van der Waals surface area contributed by atoms with Gasteiger partial charge in [-0.25, -0.2) is 9.97 Å². The summed E-state index contributed by atoms with van der Waals surface area (Å²) in [4.78, 5) is 37.8. The molecule has 0 unspecified atom stereocenters. The van der Waals surface area contributed by atoms with Gasteiger partial charge >= 0.3 is 0 Å². The molecule has 1 fully saturated rings. The fraction of sp³-hybridized carbons (Fsp3) is 0.304. The first-order valence-electron chi connectivity index (χ1n) is 10.4. The lowest BCUT2D eigenvalue weighted by atomic mass is 10.1. The van der Waals surface area contributed by atoms with Crippen LogP contribution in [0.3, 0.4) is 0 Å². The highest BCUT2D eigenvalue weighted by Gasteiger charge is 2.35. The highest BCUT2D eigenvalue weighted by atomic mass is 35.5. The second-order valence-corrected chi connectivity index (χ2v) is 9.46. The molecule has 0 saturated carbocycles. The minimum Gasteiger partial charge on any atom is -0.443 e. The predicted molar refractivity (Wildman–Crippen MR) is 123 cm³/mol. The van der Waals surface area contributed by atoms with Crippen LogP contribution in [0.2, 0.25) is 5.02 Å². The number of hydrogen-bond donors (Lipinski definition) is 0. The van der Waals surface area contributed by atoms with E-state index in [1.54, 1.807) is 18.1 Å². The maximum absolute atomic E-state index is 13.5. The molecule has 0 aliphatic carbocycles. The van der Waals surface area contributed by atoms with Crippen LogP contribution in [0.4, 0.5) is 0 Å². The summed E-state index contributed by atoms with van der Waals surface area (Å²) in [5.41, 5.74) is 1.62. The molecule has 4 aromatic rings. The van der Waals surface area contributed by atoms with Crippen molar-refractivity contribution in [1.82, 2.24) is 19.4 Å². The number of rotatable bonds is 4. The van der Waals surface area contributed by atoms with E-state index in [9.17, 15) is 9.59 Å². The van der Waals surface area contributed by atoms with Gasteiger partial charge in [0.15, 0.2) is 0 Å². The van der Waals surface area contributed by atoms with Crippen LogP contribution in [-0.2, 0) is 13.5 Å². The van der Waals surface area contributed by atoms with Crippen LogP contribution in [0.25, 0.3) is 10.2 Å². The minimum absolute atomic E-state index is 0.104. The van der Waals surface area contributed by atoms with Crippen molar-refractivity contribution in [1.29, 1.82) is 0 Å². The SMILES string of the molecule is Cc1c(C(=O)N2CCC[C@@H]2c2ncc(Cc3ccc(Cl)cc3)o2)sc2ncn(C)c(=O)c12. The molecule has 1 amide bonds. The van der Waals surface area contributed by atoms with E-state index in [0.717, 1.165) is 24.2 Å². The van der Waals surface area contributed by atoms with Crippen LogP contribution in [-0.4, -0.2) is 31.9 Å². The monoisotopic (exact) mass is 468 g/mol. The first-order valence-corrected chi connectivity index (χ1v) is 11.6. The van der Waals surface area contributed by atoms with E-state index in [2.05, 4.69) is 9.97 Å². The minimum atomic E-state index is -0.220. The molecule has 4 heterocycles. The van der Waals surface area contributed by atoms with Crippen molar-refractivity contribution < 1.29 is 9.21 Å². The number of amides is 1. The van der Waals surface area contributed by atoms with E-state index in [4.69, 9.17) is 16.0 Å². The molecule has 32 heavy (non-hydrogen) atoms. The highest BCUT2D eigenvalue weighted by molar-refractivity contribution is 7.20. The van der Waals surface area contributed by atoms with Gasteiger partial charge in [0.25, 0.3) is 11.5 Å². The number of aryl methyl sites for hydroxylation is 2. The molecular formula is C23H21ClN4O3S. The van der Waals surface area contributed by atoms with Gasteiger partial charge in [0, 0.05) is 25.0 Å². The normalized spacial score (nSPS) is 16.2. The number of halogens is 1. The number of nitrogens with zero attached hydrogens (tertiary/aromatic N) is 4. The van der Waals surface area contributed by atoms with Crippen LogP contribution >= 0.6 is 22.9 Å². The van der Waals surface area contributed by atoms with Crippen LogP contribution < -0.4 is 5.56 Å². The van der Waals surface area contributed by atoms with Crippen molar-refractivity contribution in [2.24, 2.45) is 7.05 Å². The van der Waals surface area contributed by atoms with Crippen molar-refractivity contribution in [3.8, 4) is 0 Å². The van der Waals surface area contributed by atoms with E-state index in [1.807, 2.05) is 31.2 Å². The first kappa shape index (κ1) is 20.9. The van der Waals surface area contributed by atoms with Gasteiger partial charge in [0.1, 0.15) is 16.6 Å². The Balaban J connectivity index is 1.41. The third-order valence-corrected chi connectivity index (χ3v) is 7.31. The lowest BCUT2D eigenvalue weighted by Gasteiger charge is -2.22.